The Labute approximate surface area is 178 Å². The van der Waals surface area contributed by atoms with E-state index in [-0.39, 0.29) is 6.10 Å². The Morgan fingerprint density at radius 1 is 1.23 bits per heavy atom. The number of hydrogen-bond donors (Lipinski definition) is 1. The lowest BCUT2D eigenvalue weighted by atomic mass is 10.1. The van der Waals surface area contributed by atoms with Crippen molar-refractivity contribution >= 4 is 33.1 Å². The van der Waals surface area contributed by atoms with Crippen LogP contribution in [0.5, 0.6) is 0 Å². The fourth-order valence-electron chi connectivity index (χ4n) is 3.85. The molecule has 4 aromatic rings. The first-order valence-corrected chi connectivity index (χ1v) is 10.8. The summed E-state index contributed by atoms with van der Waals surface area (Å²) in [6.07, 6.45) is 1.77. The number of nitrogens with zero attached hydrogens (tertiary/aromatic N) is 5. The molecule has 1 aromatic carbocycles. The van der Waals surface area contributed by atoms with E-state index < -0.39 is 0 Å². The minimum absolute atomic E-state index is 0.0679. The summed E-state index contributed by atoms with van der Waals surface area (Å²) in [4.78, 5) is 11.7. The van der Waals surface area contributed by atoms with Crippen molar-refractivity contribution in [3.8, 4) is 0 Å². The highest BCUT2D eigenvalue weighted by atomic mass is 32.1. The van der Waals surface area contributed by atoms with E-state index in [9.17, 15) is 0 Å². The minimum Gasteiger partial charge on any atom is -0.369 e. The van der Waals surface area contributed by atoms with Crippen molar-refractivity contribution in [2.75, 3.05) is 25.0 Å². The topological polar surface area (TPSA) is 76.1 Å². The zero-order valence-electron chi connectivity index (χ0n) is 16.7. The number of morpholine rings is 1. The van der Waals surface area contributed by atoms with Crippen LogP contribution in [0.3, 0.4) is 0 Å². The normalized spacial score (nSPS) is 17.3. The van der Waals surface area contributed by atoms with E-state index in [4.69, 9.17) is 9.72 Å². The number of nitrogens with one attached hydrogen (secondary N) is 1. The maximum atomic E-state index is 6.09. The summed E-state index contributed by atoms with van der Waals surface area (Å²) in [6, 6.07) is 14.5. The number of pyridine rings is 2. The van der Waals surface area contributed by atoms with E-state index in [1.54, 1.807) is 5.51 Å². The molecule has 4 heterocycles. The van der Waals surface area contributed by atoms with Gasteiger partial charge >= 0.3 is 0 Å². The van der Waals surface area contributed by atoms with Crippen molar-refractivity contribution in [2.24, 2.45) is 0 Å². The summed E-state index contributed by atoms with van der Waals surface area (Å²) in [5.41, 5.74) is 6.87. The SMILES string of the molecule is Cc1cc(Nc2nncs2)cc(C2CN(Cc3cccc4ncccc34)CCO2)n1. The second kappa shape index (κ2) is 8.43. The molecule has 1 fully saturated rings. The fraction of sp³-hybridized carbons (Fsp3) is 0.273. The van der Waals surface area contributed by atoms with Crippen molar-refractivity contribution in [1.82, 2.24) is 25.1 Å². The molecule has 5 rings (SSSR count). The number of aromatic nitrogens is 4. The molecule has 1 aliphatic rings. The minimum atomic E-state index is -0.0679. The van der Waals surface area contributed by atoms with Crippen LogP contribution in [0.1, 0.15) is 23.1 Å². The van der Waals surface area contributed by atoms with Gasteiger partial charge in [0.15, 0.2) is 0 Å². The van der Waals surface area contributed by atoms with Crippen molar-refractivity contribution in [1.29, 1.82) is 0 Å². The van der Waals surface area contributed by atoms with Crippen LogP contribution in [0.4, 0.5) is 10.8 Å². The first-order chi connectivity index (χ1) is 14.7. The Morgan fingerprint density at radius 3 is 3.10 bits per heavy atom. The Morgan fingerprint density at radius 2 is 2.20 bits per heavy atom. The first kappa shape index (κ1) is 19.0. The van der Waals surface area contributed by atoms with E-state index in [0.717, 1.165) is 47.4 Å². The highest BCUT2D eigenvalue weighted by Gasteiger charge is 2.24. The molecule has 7 nitrogen and oxygen atoms in total. The Hall–Kier alpha value is -2.94. The van der Waals surface area contributed by atoms with Gasteiger partial charge in [-0.25, -0.2) is 0 Å². The second-order valence-corrected chi connectivity index (χ2v) is 8.21. The summed E-state index contributed by atoms with van der Waals surface area (Å²) >= 11 is 1.47. The number of anilines is 2. The standard InChI is InChI=1S/C22H22N6OS/c1-15-10-17(26-22-27-24-14-30-22)11-20(25-15)21-13-28(8-9-29-21)12-16-4-2-6-19-18(16)5-3-7-23-19/h2-7,10-11,14,21H,8-9,12-13H2,1H3,(H,25,26,27). The smallest absolute Gasteiger partial charge is 0.209 e. The van der Waals surface area contributed by atoms with Gasteiger partial charge in [0, 0.05) is 42.6 Å². The summed E-state index contributed by atoms with van der Waals surface area (Å²) in [6.45, 7) is 5.24. The lowest BCUT2D eigenvalue weighted by Crippen LogP contribution is -2.38. The third-order valence-electron chi connectivity index (χ3n) is 5.19. The average molecular weight is 419 g/mol. The fourth-order valence-corrected chi connectivity index (χ4v) is 4.32. The molecule has 0 amide bonds. The number of fused-ring (bicyclic) bond motifs is 1. The quantitative estimate of drug-likeness (QED) is 0.523. The van der Waals surface area contributed by atoms with Crippen molar-refractivity contribution in [3.05, 3.63) is 71.1 Å². The molecule has 8 heteroatoms. The van der Waals surface area contributed by atoms with Crippen molar-refractivity contribution in [2.45, 2.75) is 19.6 Å². The van der Waals surface area contributed by atoms with Gasteiger partial charge < -0.3 is 10.1 Å². The van der Waals surface area contributed by atoms with Crippen LogP contribution in [-0.2, 0) is 11.3 Å². The van der Waals surface area contributed by atoms with Crippen molar-refractivity contribution < 1.29 is 4.74 Å². The molecule has 1 N–H and O–H groups in total. The Bertz CT molecular complexity index is 1140. The molecule has 0 radical (unpaired) electrons. The first-order valence-electron chi connectivity index (χ1n) is 9.93. The van der Waals surface area contributed by atoms with Crippen LogP contribution in [0, 0.1) is 6.92 Å². The molecule has 0 bridgehead atoms. The predicted octanol–water partition coefficient (Wildman–Crippen LogP) is 4.11. The van der Waals surface area contributed by atoms with Gasteiger partial charge in [-0.3, -0.25) is 14.9 Å². The van der Waals surface area contributed by atoms with Gasteiger partial charge in [-0.15, -0.1) is 10.2 Å². The van der Waals surface area contributed by atoms with Gasteiger partial charge in [0.25, 0.3) is 0 Å². The molecule has 152 valence electrons. The van der Waals surface area contributed by atoms with Gasteiger partial charge in [0.1, 0.15) is 11.6 Å². The lowest BCUT2D eigenvalue weighted by molar-refractivity contribution is -0.0349. The third kappa shape index (κ3) is 4.16. The number of ether oxygens (including phenoxy) is 1. The van der Waals surface area contributed by atoms with E-state index in [1.807, 2.05) is 31.3 Å². The van der Waals surface area contributed by atoms with Gasteiger partial charge in [0.05, 0.1) is 17.8 Å². The molecular weight excluding hydrogens is 396 g/mol. The van der Waals surface area contributed by atoms with Gasteiger partial charge in [-0.2, -0.15) is 0 Å². The van der Waals surface area contributed by atoms with Crippen LogP contribution < -0.4 is 5.32 Å². The summed E-state index contributed by atoms with van der Waals surface area (Å²) in [7, 11) is 0. The monoisotopic (exact) mass is 418 g/mol. The molecular formula is C22H22N6OS. The van der Waals surface area contributed by atoms with Crippen molar-refractivity contribution in [3.63, 3.8) is 0 Å². The molecule has 1 saturated heterocycles. The largest absolute Gasteiger partial charge is 0.369 e. The summed E-state index contributed by atoms with van der Waals surface area (Å²) in [5, 5.41) is 13.2. The molecule has 0 saturated carbocycles. The lowest BCUT2D eigenvalue weighted by Gasteiger charge is -2.33. The van der Waals surface area contributed by atoms with E-state index in [0.29, 0.717) is 6.61 Å². The second-order valence-electron chi connectivity index (χ2n) is 7.37. The molecule has 3 aromatic heterocycles. The maximum Gasteiger partial charge on any atom is 0.209 e. The molecule has 1 unspecified atom stereocenters. The highest BCUT2D eigenvalue weighted by Crippen LogP contribution is 2.27. The molecule has 1 aliphatic heterocycles. The van der Waals surface area contributed by atoms with E-state index in [1.165, 1.54) is 22.3 Å². The maximum absolute atomic E-state index is 6.09. The van der Waals surface area contributed by atoms with Gasteiger partial charge in [0.2, 0.25) is 5.13 Å². The molecule has 1 atom stereocenters. The van der Waals surface area contributed by atoms with Gasteiger partial charge in [-0.1, -0.05) is 29.5 Å². The highest BCUT2D eigenvalue weighted by molar-refractivity contribution is 7.13. The number of rotatable bonds is 5. The molecule has 0 aliphatic carbocycles. The number of hydrogen-bond acceptors (Lipinski definition) is 8. The zero-order valence-corrected chi connectivity index (χ0v) is 17.5. The van der Waals surface area contributed by atoms with Crippen LogP contribution in [-0.4, -0.2) is 44.8 Å². The predicted molar refractivity (Wildman–Crippen MR) is 118 cm³/mol. The van der Waals surface area contributed by atoms with E-state index >= 15 is 0 Å². The van der Waals surface area contributed by atoms with Crippen LogP contribution in [0.2, 0.25) is 0 Å². The van der Waals surface area contributed by atoms with Crippen LogP contribution >= 0.6 is 11.3 Å². The number of aryl methyl sites for hydroxylation is 1. The molecule has 0 spiro atoms. The summed E-state index contributed by atoms with van der Waals surface area (Å²) in [5.74, 6) is 0. The van der Waals surface area contributed by atoms with Gasteiger partial charge in [-0.05, 0) is 36.8 Å². The van der Waals surface area contributed by atoms with Crippen LogP contribution in [0.25, 0.3) is 10.9 Å². The Balaban J connectivity index is 1.34. The molecule has 30 heavy (non-hydrogen) atoms. The average Bonchev–Trinajstić information content (AvgIpc) is 3.27. The third-order valence-corrected chi connectivity index (χ3v) is 5.80. The summed E-state index contributed by atoms with van der Waals surface area (Å²) < 4.78 is 6.09. The zero-order chi connectivity index (χ0) is 20.3. The number of benzene rings is 1. The van der Waals surface area contributed by atoms with E-state index in [2.05, 4.69) is 49.7 Å². The Kier molecular flexibility index (Phi) is 5.35. The van der Waals surface area contributed by atoms with Crippen LogP contribution in [0.15, 0.2) is 54.2 Å².